The van der Waals surface area contributed by atoms with Gasteiger partial charge in [-0.25, -0.2) is 14.4 Å². The highest BCUT2D eigenvalue weighted by Gasteiger charge is 2.30. The number of ketones is 1. The summed E-state index contributed by atoms with van der Waals surface area (Å²) in [7, 11) is 0. The fourth-order valence-electron chi connectivity index (χ4n) is 3.48. The zero-order chi connectivity index (χ0) is 22.9. The maximum absolute atomic E-state index is 11.9. The van der Waals surface area contributed by atoms with Gasteiger partial charge in [-0.15, -0.1) is 0 Å². The summed E-state index contributed by atoms with van der Waals surface area (Å²) in [5.74, 6) is -7.50. The van der Waals surface area contributed by atoms with Crippen molar-refractivity contribution >= 4 is 23.7 Å². The van der Waals surface area contributed by atoms with Crippen molar-refractivity contribution in [3.63, 3.8) is 0 Å². The lowest BCUT2D eigenvalue weighted by atomic mass is 9.77. The molecule has 1 aliphatic carbocycles. The molecule has 0 amide bonds. The molecule has 0 saturated heterocycles. The monoisotopic (exact) mass is 424 g/mol. The molecule has 0 aliphatic heterocycles. The van der Waals surface area contributed by atoms with Crippen LogP contribution in [-0.2, 0) is 9.59 Å². The number of aliphatic carboxylic acids is 1. The van der Waals surface area contributed by atoms with Crippen LogP contribution < -0.4 is 0 Å². The standard InChI is InChI=1S/C22H16O9/c23-16-4-1-10(7-13(16)20(26)27)19(11-2-5-17(24)14(8-11)21(28)29)12-3-6-18(25)15(9-12)22(30)31/h1-10,19,24-25H,(H,26,27)(H,28,29)(H,30,31). The Bertz CT molecular complexity index is 1110. The second-order valence-corrected chi connectivity index (χ2v) is 6.83. The molecule has 158 valence electrons. The topological polar surface area (TPSA) is 169 Å². The summed E-state index contributed by atoms with van der Waals surface area (Å²) in [6.45, 7) is 0. The number of allylic oxidation sites excluding steroid dienone is 3. The highest BCUT2D eigenvalue weighted by atomic mass is 16.4. The Morgan fingerprint density at radius 2 is 1.26 bits per heavy atom. The minimum atomic E-state index is -1.44. The SMILES string of the molecule is O=C(O)C1=CC(C(c2ccc(O)c(C(=O)O)c2)c2ccc(O)c(C(=O)O)c2)C=CC1=O. The second-order valence-electron chi connectivity index (χ2n) is 6.83. The second kappa shape index (κ2) is 8.15. The molecule has 9 heteroatoms. The first-order chi connectivity index (χ1) is 14.6. The van der Waals surface area contributed by atoms with Crippen LogP contribution in [0.4, 0.5) is 0 Å². The van der Waals surface area contributed by atoms with E-state index in [1.165, 1.54) is 36.4 Å². The average molecular weight is 424 g/mol. The number of rotatable bonds is 6. The number of aromatic carboxylic acids is 2. The Kier molecular flexibility index (Phi) is 5.60. The molecule has 9 nitrogen and oxygen atoms in total. The lowest BCUT2D eigenvalue weighted by Crippen LogP contribution is -2.20. The highest BCUT2D eigenvalue weighted by Crippen LogP contribution is 2.39. The predicted molar refractivity (Wildman–Crippen MR) is 105 cm³/mol. The van der Waals surface area contributed by atoms with Gasteiger partial charge in [0.25, 0.3) is 0 Å². The molecule has 2 aromatic carbocycles. The molecule has 31 heavy (non-hydrogen) atoms. The van der Waals surface area contributed by atoms with Crippen LogP contribution in [0.15, 0.2) is 60.2 Å². The number of benzene rings is 2. The Labute approximate surface area is 174 Å². The fraction of sp³-hybridized carbons (Fsp3) is 0.0909. The van der Waals surface area contributed by atoms with Gasteiger partial charge in [-0.05, 0) is 41.5 Å². The normalized spacial score (nSPS) is 15.6. The first-order valence-electron chi connectivity index (χ1n) is 8.90. The molecule has 0 spiro atoms. The minimum Gasteiger partial charge on any atom is -0.507 e. The van der Waals surface area contributed by atoms with E-state index in [9.17, 15) is 44.7 Å². The third kappa shape index (κ3) is 4.15. The predicted octanol–water partition coefficient (Wildman–Crippen LogP) is 2.39. The van der Waals surface area contributed by atoms with E-state index in [2.05, 4.69) is 0 Å². The first kappa shape index (κ1) is 21.3. The molecule has 0 fully saturated rings. The number of carboxylic acids is 3. The number of carbonyl (C=O) groups is 4. The number of aromatic hydroxyl groups is 2. The van der Waals surface area contributed by atoms with Gasteiger partial charge in [0.2, 0.25) is 0 Å². The van der Waals surface area contributed by atoms with Crippen molar-refractivity contribution in [2.24, 2.45) is 5.92 Å². The van der Waals surface area contributed by atoms with Crippen LogP contribution in [0.1, 0.15) is 37.8 Å². The highest BCUT2D eigenvalue weighted by molar-refractivity contribution is 6.21. The zero-order valence-corrected chi connectivity index (χ0v) is 15.7. The Balaban J connectivity index is 2.24. The van der Waals surface area contributed by atoms with E-state index in [1.54, 1.807) is 0 Å². The Morgan fingerprint density at radius 3 is 1.68 bits per heavy atom. The van der Waals surface area contributed by atoms with Gasteiger partial charge in [-0.1, -0.05) is 24.3 Å². The summed E-state index contributed by atoms with van der Waals surface area (Å²) in [4.78, 5) is 46.3. The molecule has 1 unspecified atom stereocenters. The molecule has 0 saturated carbocycles. The maximum atomic E-state index is 11.9. The molecule has 1 aliphatic rings. The molecular weight excluding hydrogens is 408 g/mol. The van der Waals surface area contributed by atoms with Gasteiger partial charge in [-0.2, -0.15) is 0 Å². The lowest BCUT2D eigenvalue weighted by molar-refractivity contribution is -0.134. The molecular formula is C22H16O9. The van der Waals surface area contributed by atoms with Crippen molar-refractivity contribution in [3.8, 4) is 11.5 Å². The van der Waals surface area contributed by atoms with Gasteiger partial charge in [0, 0.05) is 11.8 Å². The van der Waals surface area contributed by atoms with Crippen LogP contribution in [-0.4, -0.2) is 49.2 Å². The third-order valence-corrected chi connectivity index (χ3v) is 4.93. The number of phenols is 2. The van der Waals surface area contributed by atoms with Gasteiger partial charge >= 0.3 is 17.9 Å². The smallest absolute Gasteiger partial charge is 0.339 e. The number of hydrogen-bond donors (Lipinski definition) is 5. The summed E-state index contributed by atoms with van der Waals surface area (Å²) in [6, 6.07) is 7.52. The van der Waals surface area contributed by atoms with E-state index in [0.717, 1.165) is 18.2 Å². The fourth-order valence-corrected chi connectivity index (χ4v) is 3.48. The molecule has 2 aromatic rings. The van der Waals surface area contributed by atoms with E-state index in [0.29, 0.717) is 11.1 Å². The van der Waals surface area contributed by atoms with Crippen LogP contribution >= 0.6 is 0 Å². The lowest BCUT2D eigenvalue weighted by Gasteiger charge is -2.26. The van der Waals surface area contributed by atoms with E-state index in [-0.39, 0.29) is 0 Å². The molecule has 0 aromatic heterocycles. The van der Waals surface area contributed by atoms with Gasteiger partial charge in [0.05, 0.1) is 0 Å². The van der Waals surface area contributed by atoms with Crippen molar-refractivity contribution in [1.82, 2.24) is 0 Å². The summed E-state index contributed by atoms with van der Waals surface area (Å²) in [6.07, 6.45) is 3.72. The summed E-state index contributed by atoms with van der Waals surface area (Å²) >= 11 is 0. The van der Waals surface area contributed by atoms with Crippen molar-refractivity contribution in [2.75, 3.05) is 0 Å². The minimum absolute atomic E-state index is 0.321. The zero-order valence-electron chi connectivity index (χ0n) is 15.7. The van der Waals surface area contributed by atoms with Crippen LogP contribution in [0.25, 0.3) is 0 Å². The molecule has 3 rings (SSSR count). The van der Waals surface area contributed by atoms with Gasteiger partial charge in [0.15, 0.2) is 5.78 Å². The summed E-state index contributed by atoms with van der Waals surface area (Å²) in [5, 5.41) is 47.6. The molecule has 1 atom stereocenters. The van der Waals surface area contributed by atoms with Gasteiger partial charge in [-0.3, -0.25) is 4.79 Å². The van der Waals surface area contributed by atoms with Crippen LogP contribution in [0.5, 0.6) is 11.5 Å². The van der Waals surface area contributed by atoms with Crippen LogP contribution in [0.3, 0.4) is 0 Å². The largest absolute Gasteiger partial charge is 0.507 e. The van der Waals surface area contributed by atoms with E-state index >= 15 is 0 Å². The van der Waals surface area contributed by atoms with E-state index in [1.807, 2.05) is 0 Å². The Hall–Kier alpha value is -4.40. The number of hydrogen-bond acceptors (Lipinski definition) is 6. The van der Waals surface area contributed by atoms with Crippen LogP contribution in [0, 0.1) is 5.92 Å². The first-order valence-corrected chi connectivity index (χ1v) is 8.90. The molecule has 0 heterocycles. The maximum Gasteiger partial charge on any atom is 0.339 e. The summed E-state index contributed by atoms with van der Waals surface area (Å²) in [5.41, 5.74) is -0.646. The quantitative estimate of drug-likeness (QED) is 0.437. The van der Waals surface area contributed by atoms with Gasteiger partial charge in [0.1, 0.15) is 28.2 Å². The molecule has 0 bridgehead atoms. The summed E-state index contributed by atoms with van der Waals surface area (Å²) < 4.78 is 0. The Morgan fingerprint density at radius 1 is 0.774 bits per heavy atom. The van der Waals surface area contributed by atoms with Crippen molar-refractivity contribution in [2.45, 2.75) is 5.92 Å². The van der Waals surface area contributed by atoms with Gasteiger partial charge < -0.3 is 25.5 Å². The van der Waals surface area contributed by atoms with Crippen molar-refractivity contribution in [1.29, 1.82) is 0 Å². The number of carboxylic acid groups (broad SMARTS) is 3. The van der Waals surface area contributed by atoms with Crippen molar-refractivity contribution < 1.29 is 44.7 Å². The third-order valence-electron chi connectivity index (χ3n) is 4.93. The molecule has 5 N–H and O–H groups in total. The average Bonchev–Trinajstić information content (AvgIpc) is 2.71. The van der Waals surface area contributed by atoms with E-state index < -0.39 is 63.7 Å². The van der Waals surface area contributed by atoms with Crippen molar-refractivity contribution in [3.05, 3.63) is 82.5 Å². The number of carbonyl (C=O) groups excluding carboxylic acids is 1. The van der Waals surface area contributed by atoms with E-state index in [4.69, 9.17) is 0 Å². The molecule has 0 radical (unpaired) electrons. The van der Waals surface area contributed by atoms with Crippen LogP contribution in [0.2, 0.25) is 0 Å².